The molecule has 0 aliphatic heterocycles. The van der Waals surface area contributed by atoms with Crippen molar-refractivity contribution in [3.63, 3.8) is 0 Å². The van der Waals surface area contributed by atoms with Crippen molar-refractivity contribution in [1.29, 1.82) is 0 Å². The summed E-state index contributed by atoms with van der Waals surface area (Å²) in [6.07, 6.45) is 11.9. The summed E-state index contributed by atoms with van der Waals surface area (Å²) in [6, 6.07) is -0.524. The van der Waals surface area contributed by atoms with Gasteiger partial charge in [-0.3, -0.25) is 0 Å². The molecule has 0 saturated carbocycles. The summed E-state index contributed by atoms with van der Waals surface area (Å²) >= 11 is 0. The maximum atomic E-state index is 12.9. The summed E-state index contributed by atoms with van der Waals surface area (Å²) in [5, 5.41) is 0. The maximum absolute atomic E-state index is 12.9. The van der Waals surface area contributed by atoms with E-state index >= 15 is 0 Å². The molecule has 0 saturated heterocycles. The van der Waals surface area contributed by atoms with Gasteiger partial charge in [0.15, 0.2) is 0 Å². The number of rotatable bonds is 15. The van der Waals surface area contributed by atoms with Gasteiger partial charge in [-0.15, -0.1) is 0 Å². The van der Waals surface area contributed by atoms with E-state index in [1.54, 1.807) is 0 Å². The van der Waals surface area contributed by atoms with Gasteiger partial charge in [0.05, 0.1) is 0 Å². The van der Waals surface area contributed by atoms with Crippen LogP contribution in [0.5, 0.6) is 0 Å². The van der Waals surface area contributed by atoms with Crippen molar-refractivity contribution in [2.75, 3.05) is 31.2 Å². The molecule has 0 aromatic heterocycles. The number of carbonyl (C=O) groups is 1. The standard InChI is InChI=1S/C20H45N2O2P/c1-6-9-14-25(15-10-7-2,16-11-8-3,17-12-13-21)24-20(23)19(22)18(4)5/h18-19H,6-17,21-22H2,1-5H3/t19-/m1/s1. The van der Waals surface area contributed by atoms with E-state index in [9.17, 15) is 4.79 Å². The molecular formula is C20H45N2O2P. The molecule has 1 atom stereocenters. The molecule has 0 spiro atoms. The normalized spacial score (nSPS) is 15.0. The van der Waals surface area contributed by atoms with E-state index in [2.05, 4.69) is 20.8 Å². The van der Waals surface area contributed by atoms with Crippen molar-refractivity contribution in [3.05, 3.63) is 0 Å². The second-order valence-corrected chi connectivity index (χ2v) is 13.8. The zero-order valence-corrected chi connectivity index (χ0v) is 18.5. The average Bonchev–Trinajstić information content (AvgIpc) is 2.61. The molecule has 0 amide bonds. The number of hydrogen-bond donors (Lipinski definition) is 2. The van der Waals surface area contributed by atoms with Gasteiger partial charge in [0.2, 0.25) is 0 Å². The van der Waals surface area contributed by atoms with E-state index in [0.717, 1.165) is 69.6 Å². The van der Waals surface area contributed by atoms with E-state index in [0.29, 0.717) is 6.54 Å². The third-order valence-electron chi connectivity index (χ3n) is 5.50. The molecule has 4 N–H and O–H groups in total. The first-order valence-electron chi connectivity index (χ1n) is 10.5. The van der Waals surface area contributed by atoms with Crippen molar-refractivity contribution in [1.82, 2.24) is 0 Å². The molecule has 0 aromatic carbocycles. The van der Waals surface area contributed by atoms with Crippen LogP contribution in [0.4, 0.5) is 0 Å². The number of nitrogens with two attached hydrogens (primary N) is 2. The SMILES string of the molecule is CCCCP(CCCC)(CCCC)(CCCN)OC(=O)[C@H](N)C(C)C. The van der Waals surface area contributed by atoms with Crippen molar-refractivity contribution < 1.29 is 9.32 Å². The molecule has 0 rings (SSSR count). The summed E-state index contributed by atoms with van der Waals surface area (Å²) < 4.78 is 6.57. The van der Waals surface area contributed by atoms with Gasteiger partial charge in [-0.2, -0.15) is 0 Å². The van der Waals surface area contributed by atoms with Gasteiger partial charge < -0.3 is 0 Å². The summed E-state index contributed by atoms with van der Waals surface area (Å²) in [5.41, 5.74) is 12.0. The molecule has 5 heteroatoms. The zero-order chi connectivity index (χ0) is 19.4. The third kappa shape index (κ3) is 7.93. The topological polar surface area (TPSA) is 78.3 Å². The van der Waals surface area contributed by atoms with Crippen LogP contribution in [0.15, 0.2) is 0 Å². The molecular weight excluding hydrogens is 331 g/mol. The van der Waals surface area contributed by atoms with Crippen LogP contribution in [0.2, 0.25) is 0 Å². The van der Waals surface area contributed by atoms with Crippen molar-refractivity contribution in [2.24, 2.45) is 17.4 Å². The Morgan fingerprint density at radius 2 is 1.28 bits per heavy atom. The predicted molar refractivity (Wildman–Crippen MR) is 114 cm³/mol. The second kappa shape index (κ2) is 12.3. The monoisotopic (exact) mass is 376 g/mol. The average molecular weight is 377 g/mol. The van der Waals surface area contributed by atoms with Crippen molar-refractivity contribution in [2.45, 2.75) is 85.6 Å². The van der Waals surface area contributed by atoms with E-state index in [-0.39, 0.29) is 11.9 Å². The minimum atomic E-state index is -2.61. The Labute approximate surface area is 156 Å². The molecule has 4 nitrogen and oxygen atoms in total. The minimum absolute atomic E-state index is 0.104. The summed E-state index contributed by atoms with van der Waals surface area (Å²) in [5.74, 6) is -0.0687. The van der Waals surface area contributed by atoms with Gasteiger partial charge in [0.25, 0.3) is 0 Å². The Balaban J connectivity index is 5.84. The first-order valence-corrected chi connectivity index (χ1v) is 13.4. The van der Waals surface area contributed by atoms with Crippen LogP contribution in [-0.4, -0.2) is 43.2 Å². The molecule has 0 aliphatic carbocycles. The fourth-order valence-corrected chi connectivity index (χ4v) is 10.3. The van der Waals surface area contributed by atoms with E-state index in [1.165, 1.54) is 0 Å². The Hall–Kier alpha value is -0.180. The van der Waals surface area contributed by atoms with E-state index in [4.69, 9.17) is 16.0 Å². The Morgan fingerprint density at radius 1 is 0.880 bits per heavy atom. The third-order valence-corrected chi connectivity index (χ3v) is 12.0. The second-order valence-electron chi connectivity index (χ2n) is 8.14. The van der Waals surface area contributed by atoms with Crippen LogP contribution in [0.25, 0.3) is 0 Å². The van der Waals surface area contributed by atoms with Crippen LogP contribution in [0, 0.1) is 5.92 Å². The molecule has 0 heterocycles. The molecule has 0 radical (unpaired) electrons. The van der Waals surface area contributed by atoms with Crippen LogP contribution < -0.4 is 11.5 Å². The predicted octanol–water partition coefficient (Wildman–Crippen LogP) is 4.73. The number of hydrogen-bond acceptors (Lipinski definition) is 4. The molecule has 152 valence electrons. The van der Waals surface area contributed by atoms with Crippen molar-refractivity contribution >= 4 is 12.8 Å². The fourth-order valence-electron chi connectivity index (χ4n) is 3.61. The summed E-state index contributed by atoms with van der Waals surface area (Å²) in [4.78, 5) is 12.9. The van der Waals surface area contributed by atoms with Gasteiger partial charge in [-0.1, -0.05) is 0 Å². The molecule has 0 fully saturated rings. The first kappa shape index (κ1) is 24.8. The van der Waals surface area contributed by atoms with Crippen LogP contribution in [-0.2, 0) is 9.32 Å². The Morgan fingerprint density at radius 3 is 1.60 bits per heavy atom. The Bertz CT molecular complexity index is 331. The van der Waals surface area contributed by atoms with E-state index in [1.807, 2.05) is 13.8 Å². The van der Waals surface area contributed by atoms with Crippen molar-refractivity contribution in [3.8, 4) is 0 Å². The van der Waals surface area contributed by atoms with Crippen LogP contribution in [0.3, 0.4) is 0 Å². The Kier molecular flexibility index (Phi) is 12.2. The first-order chi connectivity index (χ1) is 11.8. The molecule has 0 bridgehead atoms. The molecule has 0 aromatic rings. The number of unbranched alkanes of at least 4 members (excludes halogenated alkanes) is 3. The van der Waals surface area contributed by atoms with Gasteiger partial charge in [-0.05, 0) is 0 Å². The zero-order valence-electron chi connectivity index (χ0n) is 17.6. The number of carbonyl (C=O) groups excluding carboxylic acids is 1. The van der Waals surface area contributed by atoms with Crippen LogP contribution in [0.1, 0.15) is 79.6 Å². The molecule has 0 aliphatic rings. The fraction of sp³-hybridized carbons (Fsp3) is 0.950. The molecule has 25 heavy (non-hydrogen) atoms. The summed E-state index contributed by atoms with van der Waals surface area (Å²) in [6.45, 7) is 8.69. The van der Waals surface area contributed by atoms with Gasteiger partial charge in [0, 0.05) is 0 Å². The van der Waals surface area contributed by atoms with Gasteiger partial charge in [-0.25, -0.2) is 0 Å². The van der Waals surface area contributed by atoms with Gasteiger partial charge in [0.1, 0.15) is 0 Å². The van der Waals surface area contributed by atoms with Crippen LogP contribution >= 0.6 is 6.83 Å². The quantitative estimate of drug-likeness (QED) is 0.405. The summed E-state index contributed by atoms with van der Waals surface area (Å²) in [7, 11) is 0. The molecule has 0 unspecified atom stereocenters. The van der Waals surface area contributed by atoms with E-state index < -0.39 is 12.9 Å². The van der Waals surface area contributed by atoms with Gasteiger partial charge >= 0.3 is 156 Å².